The molecule has 2 saturated heterocycles. The minimum Gasteiger partial charge on any atom is -0.478 e. The van der Waals surface area contributed by atoms with Gasteiger partial charge in [0.1, 0.15) is 19.4 Å². The van der Waals surface area contributed by atoms with Gasteiger partial charge >= 0.3 is 5.97 Å². The summed E-state index contributed by atoms with van der Waals surface area (Å²) in [5, 5.41) is 19.4. The van der Waals surface area contributed by atoms with Crippen molar-refractivity contribution in [1.82, 2.24) is 30.0 Å². The number of halogens is 2. The van der Waals surface area contributed by atoms with E-state index in [2.05, 4.69) is 39.2 Å². The highest BCUT2D eigenvalue weighted by atomic mass is 19.1. The number of likely N-dealkylation sites (N-methyl/N-ethyl adjacent to an activating group) is 2. The number of hydrogen-bond acceptors (Lipinski definition) is 7. The molecule has 4 N–H and O–H groups in total. The standard InChI is InChI=1S/C25H34FN3O3.C19H23NO3.C7H15FN2O/c1-16(24(30)27-11-10-26)28(2)25(31)19-5-7-23-21(15-19)20-14-18(4-6-22(20)29(23)3)17-8-12-32-13-9-17;1-20-17-4-2-13(12-6-8-23-9-7-12)10-15(17)16-11-14(19(21)22)3-5-18(16)20;1-3-9-6(2)7(11)10-5-4-8/h5,7,15-18H,4,6,8-14H2,1-3H3,(H,27,30);3,5,11-13H,2,4,6-10H2,1H3,(H,21,22);6,9H,3-5H2,1-2H3,(H,10,11)/t16-,18?;;6-/m0.0/s1. The summed E-state index contributed by atoms with van der Waals surface area (Å²) >= 11 is 0. The third-order valence-electron chi connectivity index (χ3n) is 14.6. The average molecular weight is 919 g/mol. The molecule has 3 amide bonds. The van der Waals surface area contributed by atoms with Gasteiger partial charge < -0.3 is 44.6 Å². The molecule has 66 heavy (non-hydrogen) atoms. The number of carbonyl (C=O) groups is 4. The number of hydrogen-bond donors (Lipinski definition) is 4. The summed E-state index contributed by atoms with van der Waals surface area (Å²) in [6.45, 7) is 8.52. The maximum absolute atomic E-state index is 13.1. The van der Waals surface area contributed by atoms with E-state index in [0.29, 0.717) is 28.9 Å². The van der Waals surface area contributed by atoms with Gasteiger partial charge in [-0.3, -0.25) is 14.4 Å². The van der Waals surface area contributed by atoms with Crippen molar-refractivity contribution in [3.63, 3.8) is 0 Å². The number of amides is 3. The summed E-state index contributed by atoms with van der Waals surface area (Å²) in [5.41, 5.74) is 8.80. The molecule has 2 unspecified atom stereocenters. The fourth-order valence-electron chi connectivity index (χ4n) is 10.7. The largest absolute Gasteiger partial charge is 0.478 e. The van der Waals surface area contributed by atoms with Crippen LogP contribution in [0.15, 0.2) is 36.4 Å². The molecule has 0 radical (unpaired) electrons. The highest BCUT2D eigenvalue weighted by Crippen LogP contribution is 2.41. The van der Waals surface area contributed by atoms with Crippen LogP contribution in [0, 0.1) is 23.7 Å². The molecule has 4 atom stereocenters. The van der Waals surface area contributed by atoms with Crippen molar-refractivity contribution in [3.8, 4) is 0 Å². The quantitative estimate of drug-likeness (QED) is 0.115. The predicted molar refractivity (Wildman–Crippen MR) is 254 cm³/mol. The van der Waals surface area contributed by atoms with Gasteiger partial charge in [-0.25, -0.2) is 13.6 Å². The average Bonchev–Trinajstić information content (AvgIpc) is 3.80. The number of carbonyl (C=O) groups excluding carboxylic acids is 3. The lowest BCUT2D eigenvalue weighted by atomic mass is 9.75. The van der Waals surface area contributed by atoms with E-state index in [-0.39, 0.29) is 36.9 Å². The molecule has 4 heterocycles. The minimum absolute atomic E-state index is 0.0401. The van der Waals surface area contributed by atoms with E-state index in [9.17, 15) is 33.1 Å². The van der Waals surface area contributed by atoms with Crippen LogP contribution < -0.4 is 16.0 Å². The zero-order chi connectivity index (χ0) is 47.5. The number of nitrogens with zero attached hydrogens (tertiary/aromatic N) is 3. The number of nitrogens with one attached hydrogen (secondary N) is 3. The van der Waals surface area contributed by atoms with Crippen molar-refractivity contribution >= 4 is 45.5 Å². The van der Waals surface area contributed by atoms with Crippen LogP contribution in [0.25, 0.3) is 21.8 Å². The van der Waals surface area contributed by atoms with Gasteiger partial charge in [-0.05, 0) is 156 Å². The number of carboxylic acids is 1. The van der Waals surface area contributed by atoms with E-state index in [1.54, 1.807) is 27.0 Å². The Morgan fingerprint density at radius 2 is 1.17 bits per heavy atom. The molecule has 0 saturated carbocycles. The van der Waals surface area contributed by atoms with E-state index < -0.39 is 25.4 Å². The highest BCUT2D eigenvalue weighted by Gasteiger charge is 2.33. The Bertz CT molecular complexity index is 2300. The number of ether oxygens (including phenoxy) is 2. The lowest BCUT2D eigenvalue weighted by Crippen LogP contribution is -2.46. The van der Waals surface area contributed by atoms with Gasteiger partial charge in [0.15, 0.2) is 0 Å². The Morgan fingerprint density at radius 1 is 0.712 bits per heavy atom. The second-order valence-corrected chi connectivity index (χ2v) is 18.5. The van der Waals surface area contributed by atoms with Crippen molar-refractivity contribution in [2.75, 3.05) is 66.5 Å². The van der Waals surface area contributed by atoms with Crippen LogP contribution in [-0.2, 0) is 58.8 Å². The summed E-state index contributed by atoms with van der Waals surface area (Å²) in [6.07, 6.45) is 11.4. The van der Waals surface area contributed by atoms with Crippen LogP contribution in [0.1, 0.15) is 103 Å². The van der Waals surface area contributed by atoms with Gasteiger partial charge in [0.25, 0.3) is 5.91 Å². The molecule has 15 heteroatoms. The van der Waals surface area contributed by atoms with E-state index in [4.69, 9.17) is 9.47 Å². The molecule has 2 aromatic carbocycles. The summed E-state index contributed by atoms with van der Waals surface area (Å²) in [7, 11) is 5.84. The third-order valence-corrected chi connectivity index (χ3v) is 14.6. The monoisotopic (exact) mass is 919 g/mol. The molecular formula is C51H72F2N6O7. The van der Waals surface area contributed by atoms with Gasteiger partial charge in [0.2, 0.25) is 11.8 Å². The molecule has 362 valence electrons. The highest BCUT2D eigenvalue weighted by molar-refractivity contribution is 6.01. The number of aromatic carboxylic acids is 1. The van der Waals surface area contributed by atoms with Crippen LogP contribution in [0.4, 0.5) is 8.78 Å². The fraction of sp³-hybridized carbons (Fsp3) is 0.608. The Hall–Kier alpha value is -4.86. The number of fused-ring (bicyclic) bond motifs is 6. The molecule has 8 rings (SSSR count). The van der Waals surface area contributed by atoms with Gasteiger partial charge in [-0.1, -0.05) is 6.92 Å². The molecule has 2 aliphatic heterocycles. The normalized spacial score (nSPS) is 19.6. The SMILES string of the molecule is CCN[C@@H](C)C(=O)NCCF.C[C@@H](C(=O)NCCF)N(C)C(=O)c1ccc2c(c1)c1c(n2C)CCC(C2CCOCC2)C1.Cn1c2c(c3cc(C(=O)O)ccc31)CC(C1CCOCC1)CC2. The van der Waals surface area contributed by atoms with Crippen LogP contribution in [-0.4, -0.2) is 121 Å². The molecule has 4 aromatic rings. The first-order chi connectivity index (χ1) is 31.8. The van der Waals surface area contributed by atoms with E-state index >= 15 is 0 Å². The third kappa shape index (κ3) is 11.8. The van der Waals surface area contributed by atoms with Gasteiger partial charge in [0, 0.05) is 99.4 Å². The van der Waals surface area contributed by atoms with Crippen LogP contribution in [0.3, 0.4) is 0 Å². The van der Waals surface area contributed by atoms with Gasteiger partial charge in [0.05, 0.1) is 11.6 Å². The van der Waals surface area contributed by atoms with E-state index in [1.165, 1.54) is 53.1 Å². The smallest absolute Gasteiger partial charge is 0.335 e. The number of aromatic nitrogens is 2. The molecule has 13 nitrogen and oxygen atoms in total. The van der Waals surface area contributed by atoms with Crippen LogP contribution in [0.2, 0.25) is 0 Å². The lowest BCUT2D eigenvalue weighted by Gasteiger charge is -2.33. The van der Waals surface area contributed by atoms with Crippen LogP contribution >= 0.6 is 0 Å². The van der Waals surface area contributed by atoms with Crippen molar-refractivity contribution in [1.29, 1.82) is 0 Å². The molecule has 0 spiro atoms. The maximum atomic E-state index is 13.1. The van der Waals surface area contributed by atoms with Gasteiger partial charge in [-0.15, -0.1) is 0 Å². The summed E-state index contributed by atoms with van der Waals surface area (Å²) in [4.78, 5) is 49.0. The molecule has 0 bridgehead atoms. The first kappa shape index (κ1) is 50.6. The van der Waals surface area contributed by atoms with Crippen molar-refractivity contribution < 1.29 is 42.5 Å². The number of rotatable bonds is 13. The molecule has 4 aliphatic rings. The van der Waals surface area contributed by atoms with Crippen molar-refractivity contribution in [2.24, 2.45) is 37.8 Å². The molecule has 2 fully saturated rings. The summed E-state index contributed by atoms with van der Waals surface area (Å²) < 4.78 is 39.5. The lowest BCUT2D eigenvalue weighted by molar-refractivity contribution is -0.125. The predicted octanol–water partition coefficient (Wildman–Crippen LogP) is 6.73. The van der Waals surface area contributed by atoms with E-state index in [0.717, 1.165) is 99.2 Å². The number of benzene rings is 2. The zero-order valence-corrected chi connectivity index (χ0v) is 39.9. The summed E-state index contributed by atoms with van der Waals surface area (Å²) in [6, 6.07) is 10.5. The van der Waals surface area contributed by atoms with Crippen molar-refractivity contribution in [2.45, 2.75) is 97.1 Å². The van der Waals surface area contributed by atoms with E-state index in [1.807, 2.05) is 37.3 Å². The Morgan fingerprint density at radius 3 is 1.62 bits per heavy atom. The second kappa shape index (κ2) is 23.7. The maximum Gasteiger partial charge on any atom is 0.335 e. The topological polar surface area (TPSA) is 156 Å². The fourth-order valence-corrected chi connectivity index (χ4v) is 10.7. The number of alkyl halides is 2. The summed E-state index contributed by atoms with van der Waals surface area (Å²) in [5.74, 6) is 1.30. The minimum atomic E-state index is -0.846. The van der Waals surface area contributed by atoms with Crippen LogP contribution in [0.5, 0.6) is 0 Å². The zero-order valence-electron chi connectivity index (χ0n) is 39.9. The first-order valence-corrected chi connectivity index (χ1v) is 24.1. The Labute approximate surface area is 388 Å². The molecule has 2 aliphatic carbocycles. The number of aryl methyl sites for hydroxylation is 2. The van der Waals surface area contributed by atoms with Gasteiger partial charge in [-0.2, -0.15) is 0 Å². The second-order valence-electron chi connectivity index (χ2n) is 18.5. The number of carboxylic acid groups (broad SMARTS) is 1. The molecular weight excluding hydrogens is 847 g/mol. The Kier molecular flexibility index (Phi) is 18.2. The Balaban J connectivity index is 0.000000184. The van der Waals surface area contributed by atoms with Crippen molar-refractivity contribution in [3.05, 3.63) is 70.0 Å². The first-order valence-electron chi connectivity index (χ1n) is 24.1. The molecule has 2 aromatic heterocycles.